The molecule has 0 aliphatic heterocycles. The van der Waals surface area contributed by atoms with Gasteiger partial charge in [0.1, 0.15) is 12.2 Å². The fourth-order valence-corrected chi connectivity index (χ4v) is 2.67. The molecule has 0 aliphatic rings. The monoisotopic (exact) mass is 392 g/mol. The summed E-state index contributed by atoms with van der Waals surface area (Å²) in [6, 6.07) is 16.8. The highest BCUT2D eigenvalue weighted by Gasteiger charge is 2.14. The number of anilines is 1. The minimum atomic E-state index is -0.574. The van der Waals surface area contributed by atoms with Gasteiger partial charge in [-0.15, -0.1) is 0 Å². The summed E-state index contributed by atoms with van der Waals surface area (Å²) in [5, 5.41) is 2.63. The van der Waals surface area contributed by atoms with Crippen LogP contribution >= 0.6 is 0 Å². The molecule has 0 aliphatic carbocycles. The highest BCUT2D eigenvalue weighted by molar-refractivity contribution is 6.04. The Kier molecular flexibility index (Phi) is 6.09. The Morgan fingerprint density at radius 3 is 2.41 bits per heavy atom. The van der Waals surface area contributed by atoms with Gasteiger partial charge in [0.15, 0.2) is 0 Å². The Balaban J connectivity index is 1.73. The van der Waals surface area contributed by atoms with Crippen LogP contribution in [0.3, 0.4) is 0 Å². The van der Waals surface area contributed by atoms with E-state index in [4.69, 9.17) is 4.84 Å². The predicted molar refractivity (Wildman–Crippen MR) is 108 cm³/mol. The van der Waals surface area contributed by atoms with Crippen molar-refractivity contribution in [3.63, 3.8) is 0 Å². The molecule has 3 aromatic rings. The van der Waals surface area contributed by atoms with Crippen molar-refractivity contribution >= 4 is 17.6 Å². The summed E-state index contributed by atoms with van der Waals surface area (Å²) >= 11 is 0. The van der Waals surface area contributed by atoms with Gasteiger partial charge in [0.05, 0.1) is 12.7 Å². The van der Waals surface area contributed by atoms with Crippen molar-refractivity contribution in [2.45, 2.75) is 13.5 Å². The van der Waals surface area contributed by atoms with Crippen molar-refractivity contribution in [2.75, 3.05) is 12.4 Å². The van der Waals surface area contributed by atoms with Crippen molar-refractivity contribution in [3.8, 4) is 0 Å². The van der Waals surface area contributed by atoms with E-state index < -0.39 is 17.4 Å². The Hall–Kier alpha value is -3.87. The van der Waals surface area contributed by atoms with Gasteiger partial charge in [-0.3, -0.25) is 9.59 Å². The van der Waals surface area contributed by atoms with Crippen LogP contribution in [-0.4, -0.2) is 23.7 Å². The molecule has 0 fully saturated rings. The minimum absolute atomic E-state index is 0.0608. The van der Waals surface area contributed by atoms with Gasteiger partial charge < -0.3 is 14.9 Å². The summed E-state index contributed by atoms with van der Waals surface area (Å²) in [4.78, 5) is 42.2. The van der Waals surface area contributed by atoms with Gasteiger partial charge in [0, 0.05) is 11.9 Å². The van der Waals surface area contributed by atoms with E-state index in [1.165, 1.54) is 31.5 Å². The van der Waals surface area contributed by atoms with Crippen LogP contribution in [0.15, 0.2) is 71.7 Å². The molecule has 0 spiro atoms. The smallest absolute Gasteiger partial charge is 0.337 e. The zero-order valence-corrected chi connectivity index (χ0v) is 16.0. The van der Waals surface area contributed by atoms with Crippen molar-refractivity contribution in [3.05, 3.63) is 99.5 Å². The van der Waals surface area contributed by atoms with Crippen molar-refractivity contribution in [1.82, 2.24) is 4.73 Å². The molecule has 1 N–H and O–H groups in total. The van der Waals surface area contributed by atoms with Gasteiger partial charge in [-0.05, 0) is 54.4 Å². The van der Waals surface area contributed by atoms with Crippen LogP contribution in [0.2, 0.25) is 0 Å². The molecular formula is C22H20N2O5. The topological polar surface area (TPSA) is 86.6 Å². The number of amides is 1. The molecule has 0 atom stereocenters. The first-order chi connectivity index (χ1) is 14.0. The molecule has 7 heteroatoms. The Labute approximate surface area is 167 Å². The lowest BCUT2D eigenvalue weighted by Crippen LogP contribution is -2.32. The van der Waals surface area contributed by atoms with Crippen LogP contribution < -0.4 is 15.7 Å². The van der Waals surface area contributed by atoms with Crippen LogP contribution in [-0.2, 0) is 11.3 Å². The van der Waals surface area contributed by atoms with Gasteiger partial charge >= 0.3 is 5.97 Å². The van der Waals surface area contributed by atoms with Gasteiger partial charge in [-0.2, -0.15) is 4.73 Å². The molecule has 1 heterocycles. The number of carbonyl (C=O) groups is 2. The number of nitrogens with one attached hydrogen (secondary N) is 1. The number of ether oxygens (including phenoxy) is 1. The van der Waals surface area contributed by atoms with Crippen molar-refractivity contribution in [2.24, 2.45) is 0 Å². The number of esters is 1. The van der Waals surface area contributed by atoms with Gasteiger partial charge in [0.25, 0.3) is 11.5 Å². The molecule has 0 saturated carbocycles. The highest BCUT2D eigenvalue weighted by Crippen LogP contribution is 2.11. The number of aryl methyl sites for hydroxylation is 1. The van der Waals surface area contributed by atoms with Gasteiger partial charge in [0.2, 0.25) is 0 Å². The summed E-state index contributed by atoms with van der Waals surface area (Å²) in [7, 11) is 1.29. The van der Waals surface area contributed by atoms with E-state index in [1.54, 1.807) is 18.2 Å². The van der Waals surface area contributed by atoms with Crippen LogP contribution in [0.5, 0.6) is 0 Å². The number of carbonyl (C=O) groups excluding carboxylic acids is 2. The minimum Gasteiger partial charge on any atom is -0.465 e. The molecule has 1 amide bonds. The molecule has 29 heavy (non-hydrogen) atoms. The van der Waals surface area contributed by atoms with E-state index >= 15 is 0 Å². The quantitative estimate of drug-likeness (QED) is 0.652. The van der Waals surface area contributed by atoms with Crippen LogP contribution in [0.25, 0.3) is 0 Å². The summed E-state index contributed by atoms with van der Waals surface area (Å²) in [5.74, 6) is -1.05. The molecule has 0 bridgehead atoms. The molecule has 3 rings (SSSR count). The number of hydrogen-bond acceptors (Lipinski definition) is 5. The largest absolute Gasteiger partial charge is 0.465 e. The van der Waals surface area contributed by atoms with Crippen LogP contribution in [0.4, 0.5) is 5.69 Å². The van der Waals surface area contributed by atoms with E-state index in [9.17, 15) is 14.4 Å². The Bertz CT molecular complexity index is 1090. The van der Waals surface area contributed by atoms with E-state index in [2.05, 4.69) is 10.1 Å². The number of aromatic nitrogens is 1. The normalized spacial score (nSPS) is 10.3. The summed E-state index contributed by atoms with van der Waals surface area (Å²) < 4.78 is 5.68. The lowest BCUT2D eigenvalue weighted by atomic mass is 10.1. The maximum absolute atomic E-state index is 12.6. The van der Waals surface area contributed by atoms with E-state index in [1.807, 2.05) is 31.2 Å². The second kappa shape index (κ2) is 8.88. The molecule has 0 radical (unpaired) electrons. The van der Waals surface area contributed by atoms with E-state index in [-0.39, 0.29) is 12.2 Å². The Morgan fingerprint density at radius 1 is 1.00 bits per heavy atom. The number of pyridine rings is 1. The van der Waals surface area contributed by atoms with Gasteiger partial charge in [-0.25, -0.2) is 4.79 Å². The van der Waals surface area contributed by atoms with Crippen LogP contribution in [0.1, 0.15) is 31.8 Å². The summed E-state index contributed by atoms with van der Waals surface area (Å²) in [6.07, 6.45) is 1.46. The molecule has 0 saturated heterocycles. The lowest BCUT2D eigenvalue weighted by Gasteiger charge is -2.11. The number of benzene rings is 2. The molecular weight excluding hydrogens is 372 g/mol. The molecule has 1 aromatic heterocycles. The fraction of sp³-hybridized carbons (Fsp3) is 0.136. The summed E-state index contributed by atoms with van der Waals surface area (Å²) in [5.41, 5.74) is 2.17. The predicted octanol–water partition coefficient (Wildman–Crippen LogP) is 2.82. The number of hydrogen-bond donors (Lipinski definition) is 1. The zero-order chi connectivity index (χ0) is 20.8. The SMILES string of the molecule is COC(=O)c1ccc(NC(=O)c2cccn(OCc3ccccc3C)c2=O)cc1. The molecule has 7 nitrogen and oxygen atoms in total. The third kappa shape index (κ3) is 4.70. The molecule has 0 unspecified atom stereocenters. The Morgan fingerprint density at radius 2 is 1.72 bits per heavy atom. The second-order valence-electron chi connectivity index (χ2n) is 6.28. The number of rotatable bonds is 6. The fourth-order valence-electron chi connectivity index (χ4n) is 2.67. The molecule has 2 aromatic carbocycles. The number of methoxy groups -OCH3 is 1. The van der Waals surface area contributed by atoms with Crippen LogP contribution in [0, 0.1) is 6.92 Å². The zero-order valence-electron chi connectivity index (χ0n) is 16.0. The van der Waals surface area contributed by atoms with E-state index in [0.29, 0.717) is 11.3 Å². The standard InChI is InChI=1S/C22H20N2O5/c1-15-6-3-4-7-17(15)14-29-24-13-5-8-19(21(24)26)20(25)23-18-11-9-16(10-12-18)22(27)28-2/h3-13H,14H2,1-2H3,(H,23,25). The van der Waals surface area contributed by atoms with Gasteiger partial charge in [-0.1, -0.05) is 24.3 Å². The second-order valence-corrected chi connectivity index (χ2v) is 6.28. The van der Waals surface area contributed by atoms with Crippen molar-refractivity contribution in [1.29, 1.82) is 0 Å². The highest BCUT2D eigenvalue weighted by atomic mass is 16.7. The number of nitrogens with zero attached hydrogens (tertiary/aromatic N) is 1. The van der Waals surface area contributed by atoms with Crippen molar-refractivity contribution < 1.29 is 19.2 Å². The summed E-state index contributed by atoms with van der Waals surface area (Å²) in [6.45, 7) is 2.16. The maximum Gasteiger partial charge on any atom is 0.337 e. The molecule has 148 valence electrons. The van der Waals surface area contributed by atoms with E-state index in [0.717, 1.165) is 15.9 Å². The average molecular weight is 392 g/mol. The first kappa shape index (κ1) is 19.9. The first-order valence-corrected chi connectivity index (χ1v) is 8.89. The first-order valence-electron chi connectivity index (χ1n) is 8.89. The third-order valence-electron chi connectivity index (χ3n) is 4.34. The maximum atomic E-state index is 12.6. The lowest BCUT2D eigenvalue weighted by molar-refractivity contribution is 0.0600. The average Bonchev–Trinajstić information content (AvgIpc) is 2.74. The third-order valence-corrected chi connectivity index (χ3v) is 4.34.